The number of hydrogen-bond donors (Lipinski definition) is 4. The van der Waals surface area contributed by atoms with Crippen LogP contribution >= 0.6 is 0 Å². The van der Waals surface area contributed by atoms with E-state index in [0.717, 1.165) is 30.9 Å². The van der Waals surface area contributed by atoms with Crippen LogP contribution in [0.3, 0.4) is 0 Å². The highest BCUT2D eigenvalue weighted by Crippen LogP contribution is 2.32. The first kappa shape index (κ1) is 26.7. The summed E-state index contributed by atoms with van der Waals surface area (Å²) >= 11 is 0. The summed E-state index contributed by atoms with van der Waals surface area (Å²) in [6.45, 7) is 6.27. The van der Waals surface area contributed by atoms with E-state index in [1.807, 2.05) is 6.07 Å². The molecule has 0 amide bonds. The molecule has 5 rings (SSSR count). The minimum Gasteiger partial charge on any atom is -0.491 e. The summed E-state index contributed by atoms with van der Waals surface area (Å²) in [4.78, 5) is 11.0. The van der Waals surface area contributed by atoms with Crippen molar-refractivity contribution in [2.45, 2.75) is 25.9 Å². The van der Waals surface area contributed by atoms with Gasteiger partial charge in [0.05, 0.1) is 47.1 Å². The number of nitrogens with one attached hydrogen (secondary N) is 2. The number of pyridine rings is 1. The number of benzene rings is 1. The zero-order chi connectivity index (χ0) is 27.5. The summed E-state index contributed by atoms with van der Waals surface area (Å²) in [5.41, 5.74) is 8.59. The van der Waals surface area contributed by atoms with Gasteiger partial charge in [0.1, 0.15) is 24.0 Å². The number of aliphatic hydroxyl groups excluding tert-OH is 1. The minimum atomic E-state index is -0.828. The molecule has 3 atom stereocenters. The molecule has 4 heterocycles. The highest BCUT2D eigenvalue weighted by Gasteiger charge is 2.32. The van der Waals surface area contributed by atoms with Crippen LogP contribution in [0.1, 0.15) is 13.8 Å². The fourth-order valence-electron chi connectivity index (χ4n) is 5.13. The maximum atomic E-state index is 14.9. The number of anilines is 3. The van der Waals surface area contributed by atoms with Crippen molar-refractivity contribution >= 4 is 22.8 Å². The molecule has 3 unspecified atom stereocenters. The number of piperidine rings is 1. The van der Waals surface area contributed by atoms with Crippen molar-refractivity contribution in [3.05, 3.63) is 60.6 Å². The number of aliphatic hydroxyl groups is 1. The average Bonchev–Trinajstić information content (AvgIpc) is 3.31. The van der Waals surface area contributed by atoms with Gasteiger partial charge in [-0.1, -0.05) is 13.8 Å². The quantitative estimate of drug-likeness (QED) is 0.254. The van der Waals surface area contributed by atoms with Crippen LogP contribution in [0, 0.1) is 17.6 Å². The van der Waals surface area contributed by atoms with Crippen LogP contribution in [0.25, 0.3) is 16.8 Å². The van der Waals surface area contributed by atoms with Crippen LogP contribution in [0.4, 0.5) is 26.1 Å². The van der Waals surface area contributed by atoms with Crippen molar-refractivity contribution in [2.24, 2.45) is 11.7 Å². The Morgan fingerprint density at radius 1 is 1.15 bits per heavy atom. The van der Waals surface area contributed by atoms with Gasteiger partial charge < -0.3 is 31.1 Å². The zero-order valence-corrected chi connectivity index (χ0v) is 21.8. The van der Waals surface area contributed by atoms with E-state index in [1.54, 1.807) is 24.7 Å². The molecule has 5 N–H and O–H groups in total. The molecule has 12 heteroatoms. The normalized spacial score (nSPS) is 19.4. The van der Waals surface area contributed by atoms with Gasteiger partial charge in [0.25, 0.3) is 0 Å². The molecule has 0 aliphatic carbocycles. The maximum Gasteiger partial charge on any atom is 0.229 e. The van der Waals surface area contributed by atoms with Gasteiger partial charge in [-0.25, -0.2) is 13.8 Å². The average molecular weight is 539 g/mol. The van der Waals surface area contributed by atoms with Gasteiger partial charge in [-0.15, -0.1) is 0 Å². The Morgan fingerprint density at radius 3 is 2.67 bits per heavy atom. The van der Waals surface area contributed by atoms with Crippen molar-refractivity contribution < 1.29 is 18.6 Å². The Kier molecular flexibility index (Phi) is 7.87. The number of likely N-dealkylation sites (N-methyl/N-ethyl adjacent to an activating group) is 1. The highest BCUT2D eigenvalue weighted by molar-refractivity contribution is 5.74. The fourth-order valence-corrected chi connectivity index (χ4v) is 5.13. The molecule has 4 aromatic rings. The van der Waals surface area contributed by atoms with Crippen LogP contribution < -0.4 is 26.0 Å². The number of imidazole rings is 1. The second kappa shape index (κ2) is 11.5. The lowest BCUT2D eigenvalue weighted by molar-refractivity contribution is 0.200. The molecule has 3 aromatic heterocycles. The number of nitrogens with two attached hydrogens (primary N) is 1. The Bertz CT molecular complexity index is 1410. The third-order valence-electron chi connectivity index (χ3n) is 6.85. The monoisotopic (exact) mass is 538 g/mol. The number of fused-ring (bicyclic) bond motifs is 1. The van der Waals surface area contributed by atoms with Crippen LogP contribution in [0.15, 0.2) is 48.9 Å². The second-order valence-electron chi connectivity index (χ2n) is 9.62. The summed E-state index contributed by atoms with van der Waals surface area (Å²) in [6.07, 6.45) is 5.05. The fraction of sp³-hybridized carbons (Fsp3) is 0.370. The smallest absolute Gasteiger partial charge is 0.229 e. The molecule has 1 aromatic carbocycles. The molecule has 1 saturated heterocycles. The van der Waals surface area contributed by atoms with E-state index < -0.39 is 11.6 Å². The van der Waals surface area contributed by atoms with Crippen LogP contribution in [0.5, 0.6) is 5.75 Å². The summed E-state index contributed by atoms with van der Waals surface area (Å²) in [6, 6.07) is 7.47. The third-order valence-corrected chi connectivity index (χ3v) is 6.85. The second-order valence-corrected chi connectivity index (χ2v) is 9.62. The van der Waals surface area contributed by atoms with E-state index in [1.165, 1.54) is 10.6 Å². The Hall–Kier alpha value is -3.87. The van der Waals surface area contributed by atoms with Crippen LogP contribution in [-0.2, 0) is 0 Å². The highest BCUT2D eigenvalue weighted by atomic mass is 19.1. The summed E-state index contributed by atoms with van der Waals surface area (Å²) in [5, 5.41) is 20.2. The molecule has 1 fully saturated rings. The van der Waals surface area contributed by atoms with Crippen molar-refractivity contribution in [2.75, 3.05) is 43.1 Å². The molecule has 206 valence electrons. The lowest BCUT2D eigenvalue weighted by atomic mass is 9.89. The topological polar surface area (TPSA) is 126 Å². The SMILES string of the molecule is CCNC1C(C)CN(c2ccncc2Nc2ncc3ccc(-c4c(F)cc(OCCO)cc4F)nn23)CC1N. The van der Waals surface area contributed by atoms with Gasteiger partial charge in [0.15, 0.2) is 0 Å². The third kappa shape index (κ3) is 5.49. The first-order valence-electron chi connectivity index (χ1n) is 12.9. The molecular formula is C27H32F2N8O2. The predicted molar refractivity (Wildman–Crippen MR) is 145 cm³/mol. The Balaban J connectivity index is 1.44. The molecular weight excluding hydrogens is 506 g/mol. The standard InChI is InChI=1S/C27H32F2N8O2/c1-3-32-26-16(2)14-36(15-21(26)30)24-6-7-31-13-23(24)34-27-33-12-17-4-5-22(35-37(17)27)25-19(28)10-18(11-20(25)29)39-9-8-38/h4-7,10-13,16,21,26,32,38H,3,8-9,14-15,30H2,1-2H3,(H,33,34). The van der Waals surface area contributed by atoms with Gasteiger partial charge in [-0.3, -0.25) is 4.98 Å². The molecule has 1 aliphatic rings. The van der Waals surface area contributed by atoms with E-state index in [0.29, 0.717) is 29.6 Å². The van der Waals surface area contributed by atoms with Gasteiger partial charge in [-0.2, -0.15) is 9.61 Å². The number of rotatable bonds is 9. The van der Waals surface area contributed by atoms with E-state index in [9.17, 15) is 8.78 Å². The number of aromatic nitrogens is 4. The maximum absolute atomic E-state index is 14.9. The molecule has 39 heavy (non-hydrogen) atoms. The van der Waals surface area contributed by atoms with Gasteiger partial charge in [0, 0.05) is 43.5 Å². The summed E-state index contributed by atoms with van der Waals surface area (Å²) in [5.74, 6) is -0.974. The largest absolute Gasteiger partial charge is 0.491 e. The van der Waals surface area contributed by atoms with Crippen LogP contribution in [-0.4, -0.2) is 69.6 Å². The number of nitrogens with zero attached hydrogens (tertiary/aromatic N) is 5. The number of ether oxygens (including phenoxy) is 1. The van der Waals surface area contributed by atoms with Crippen molar-refractivity contribution in [1.29, 1.82) is 0 Å². The number of halogens is 2. The molecule has 10 nitrogen and oxygen atoms in total. The first-order valence-corrected chi connectivity index (χ1v) is 12.9. The van der Waals surface area contributed by atoms with Crippen LogP contribution in [0.2, 0.25) is 0 Å². The van der Waals surface area contributed by atoms with Crippen molar-refractivity contribution in [3.8, 4) is 17.0 Å². The molecule has 1 aliphatic heterocycles. The lowest BCUT2D eigenvalue weighted by Crippen LogP contribution is -2.61. The summed E-state index contributed by atoms with van der Waals surface area (Å²) < 4.78 is 36.4. The molecule has 0 bridgehead atoms. The van der Waals surface area contributed by atoms with E-state index in [2.05, 4.69) is 44.4 Å². The summed E-state index contributed by atoms with van der Waals surface area (Å²) in [7, 11) is 0. The van der Waals surface area contributed by atoms with Gasteiger partial charge in [0.2, 0.25) is 5.95 Å². The predicted octanol–water partition coefficient (Wildman–Crippen LogP) is 2.95. The zero-order valence-electron chi connectivity index (χ0n) is 21.8. The number of hydrogen-bond acceptors (Lipinski definition) is 9. The Labute approximate surface area is 224 Å². The lowest BCUT2D eigenvalue weighted by Gasteiger charge is -2.43. The molecule has 0 saturated carbocycles. The molecule has 0 radical (unpaired) electrons. The van der Waals surface area contributed by atoms with E-state index in [-0.39, 0.29) is 42.3 Å². The Morgan fingerprint density at radius 2 is 1.95 bits per heavy atom. The van der Waals surface area contributed by atoms with Gasteiger partial charge in [-0.05, 0) is 30.7 Å². The molecule has 0 spiro atoms. The van der Waals surface area contributed by atoms with Crippen molar-refractivity contribution in [1.82, 2.24) is 24.9 Å². The van der Waals surface area contributed by atoms with E-state index in [4.69, 9.17) is 15.6 Å². The first-order chi connectivity index (χ1) is 18.9. The van der Waals surface area contributed by atoms with Crippen molar-refractivity contribution in [3.63, 3.8) is 0 Å². The van der Waals surface area contributed by atoms with E-state index >= 15 is 0 Å². The van der Waals surface area contributed by atoms with Gasteiger partial charge >= 0.3 is 0 Å². The minimum absolute atomic E-state index is 0.0125.